The summed E-state index contributed by atoms with van der Waals surface area (Å²) in [6.45, 7) is 1.81. The molecule has 6 heteroatoms. The number of halogens is 2. The van der Waals surface area contributed by atoms with Gasteiger partial charge in [-0.05, 0) is 53.2 Å². The number of aromatic nitrogens is 2. The van der Waals surface area contributed by atoms with Crippen LogP contribution < -0.4 is 5.32 Å². The molecule has 0 bridgehead atoms. The summed E-state index contributed by atoms with van der Waals surface area (Å²) >= 11 is 9.33. The number of hydrogen-bond acceptors (Lipinski definition) is 2. The SMILES string of the molecule is Cc1nc2ccc(Br)cn2c1C(=O)Nc1cccc(Cl)c1. The van der Waals surface area contributed by atoms with Gasteiger partial charge in [0.05, 0.1) is 5.69 Å². The van der Waals surface area contributed by atoms with Crippen molar-refractivity contribution in [3.8, 4) is 0 Å². The molecule has 0 saturated carbocycles. The molecule has 0 aliphatic rings. The monoisotopic (exact) mass is 363 g/mol. The number of pyridine rings is 1. The summed E-state index contributed by atoms with van der Waals surface area (Å²) in [5.74, 6) is -0.222. The molecule has 0 aliphatic carbocycles. The molecular weight excluding hydrogens is 354 g/mol. The van der Waals surface area contributed by atoms with Crippen molar-refractivity contribution in [2.45, 2.75) is 6.92 Å². The fraction of sp³-hybridized carbons (Fsp3) is 0.0667. The first-order chi connectivity index (χ1) is 10.0. The van der Waals surface area contributed by atoms with Crippen LogP contribution in [-0.4, -0.2) is 15.3 Å². The number of amides is 1. The van der Waals surface area contributed by atoms with E-state index in [1.165, 1.54) is 0 Å². The number of nitrogens with zero attached hydrogens (tertiary/aromatic N) is 2. The molecule has 0 fully saturated rings. The van der Waals surface area contributed by atoms with Crippen LogP contribution in [0.15, 0.2) is 47.1 Å². The Kier molecular flexibility index (Phi) is 3.69. The highest BCUT2D eigenvalue weighted by Gasteiger charge is 2.17. The van der Waals surface area contributed by atoms with Crippen molar-refractivity contribution in [1.82, 2.24) is 9.38 Å². The zero-order chi connectivity index (χ0) is 15.0. The molecular formula is C15H11BrClN3O. The predicted octanol–water partition coefficient (Wildman–Crippen LogP) is 4.31. The lowest BCUT2D eigenvalue weighted by atomic mass is 10.3. The Morgan fingerprint density at radius 1 is 1.33 bits per heavy atom. The highest BCUT2D eigenvalue weighted by Crippen LogP contribution is 2.19. The maximum Gasteiger partial charge on any atom is 0.274 e. The van der Waals surface area contributed by atoms with E-state index in [1.54, 1.807) is 28.7 Å². The number of imidazole rings is 1. The van der Waals surface area contributed by atoms with Gasteiger partial charge >= 0.3 is 0 Å². The van der Waals surface area contributed by atoms with Crippen LogP contribution in [0.5, 0.6) is 0 Å². The van der Waals surface area contributed by atoms with Gasteiger partial charge in [0.25, 0.3) is 5.91 Å². The van der Waals surface area contributed by atoms with Crippen molar-refractivity contribution in [3.05, 3.63) is 63.5 Å². The summed E-state index contributed by atoms with van der Waals surface area (Å²) in [7, 11) is 0. The first-order valence-corrected chi connectivity index (χ1v) is 7.43. The summed E-state index contributed by atoms with van der Waals surface area (Å²) in [5, 5.41) is 3.41. The third-order valence-electron chi connectivity index (χ3n) is 3.05. The highest BCUT2D eigenvalue weighted by atomic mass is 79.9. The number of anilines is 1. The topological polar surface area (TPSA) is 46.4 Å². The minimum absolute atomic E-state index is 0.222. The van der Waals surface area contributed by atoms with E-state index in [4.69, 9.17) is 11.6 Å². The number of nitrogens with one attached hydrogen (secondary N) is 1. The van der Waals surface area contributed by atoms with Gasteiger partial charge in [-0.1, -0.05) is 17.7 Å². The Bertz CT molecular complexity index is 844. The third-order valence-corrected chi connectivity index (χ3v) is 3.76. The van der Waals surface area contributed by atoms with Gasteiger partial charge in [0, 0.05) is 21.4 Å². The fourth-order valence-corrected chi connectivity index (χ4v) is 2.69. The largest absolute Gasteiger partial charge is 0.321 e. The molecule has 0 saturated heterocycles. The van der Waals surface area contributed by atoms with Crippen LogP contribution in [0.2, 0.25) is 5.02 Å². The zero-order valence-corrected chi connectivity index (χ0v) is 13.4. The van der Waals surface area contributed by atoms with Crippen molar-refractivity contribution in [2.75, 3.05) is 5.32 Å². The smallest absolute Gasteiger partial charge is 0.274 e. The number of carbonyl (C=O) groups is 1. The molecule has 3 aromatic rings. The van der Waals surface area contributed by atoms with E-state index < -0.39 is 0 Å². The lowest BCUT2D eigenvalue weighted by molar-refractivity contribution is 0.102. The third kappa shape index (κ3) is 2.80. The summed E-state index contributed by atoms with van der Waals surface area (Å²) in [6.07, 6.45) is 1.82. The van der Waals surface area contributed by atoms with Gasteiger partial charge in [0.15, 0.2) is 0 Å². The minimum Gasteiger partial charge on any atom is -0.321 e. The number of carbonyl (C=O) groups excluding carboxylic acids is 1. The molecule has 21 heavy (non-hydrogen) atoms. The van der Waals surface area contributed by atoms with Crippen molar-refractivity contribution in [2.24, 2.45) is 0 Å². The standard InChI is InChI=1S/C15H11BrClN3O/c1-9-14(20-8-10(16)5-6-13(20)18-9)15(21)19-12-4-2-3-11(17)7-12/h2-8H,1H3,(H,19,21). The lowest BCUT2D eigenvalue weighted by Gasteiger charge is -2.06. The highest BCUT2D eigenvalue weighted by molar-refractivity contribution is 9.10. The predicted molar refractivity (Wildman–Crippen MR) is 87.0 cm³/mol. The number of fused-ring (bicyclic) bond motifs is 1. The van der Waals surface area contributed by atoms with E-state index in [-0.39, 0.29) is 5.91 Å². The molecule has 1 amide bonds. The Morgan fingerprint density at radius 3 is 2.90 bits per heavy atom. The first kappa shape index (κ1) is 14.1. The fourth-order valence-electron chi connectivity index (χ4n) is 2.17. The van der Waals surface area contributed by atoms with Crippen molar-refractivity contribution in [3.63, 3.8) is 0 Å². The second kappa shape index (κ2) is 5.50. The summed E-state index contributed by atoms with van der Waals surface area (Å²) in [5.41, 5.74) is 2.56. The molecule has 0 spiro atoms. The van der Waals surface area contributed by atoms with Gasteiger partial charge in [-0.15, -0.1) is 0 Å². The van der Waals surface area contributed by atoms with Crippen LogP contribution in [0, 0.1) is 6.92 Å². The summed E-state index contributed by atoms with van der Waals surface area (Å²) in [6, 6.07) is 10.8. The molecule has 3 rings (SSSR count). The van der Waals surface area contributed by atoms with Crippen LogP contribution >= 0.6 is 27.5 Å². The van der Waals surface area contributed by atoms with Crippen LogP contribution in [0.4, 0.5) is 5.69 Å². The van der Waals surface area contributed by atoms with Crippen molar-refractivity contribution < 1.29 is 4.79 Å². The van der Waals surface area contributed by atoms with Gasteiger partial charge in [-0.2, -0.15) is 0 Å². The Labute approximate surface area is 134 Å². The minimum atomic E-state index is -0.222. The maximum absolute atomic E-state index is 12.5. The molecule has 0 radical (unpaired) electrons. The van der Waals surface area contributed by atoms with Crippen LogP contribution in [-0.2, 0) is 0 Å². The molecule has 1 N–H and O–H groups in total. The van der Waals surface area contributed by atoms with Crippen LogP contribution in [0.1, 0.15) is 16.2 Å². The van der Waals surface area contributed by atoms with Gasteiger partial charge in [0.1, 0.15) is 11.3 Å². The normalized spacial score (nSPS) is 10.8. The van der Waals surface area contributed by atoms with E-state index in [2.05, 4.69) is 26.2 Å². The van der Waals surface area contributed by atoms with Crippen LogP contribution in [0.3, 0.4) is 0 Å². The molecule has 0 aliphatic heterocycles. The number of hydrogen-bond donors (Lipinski definition) is 1. The molecule has 2 aromatic heterocycles. The van der Waals surface area contributed by atoms with Gasteiger partial charge in [-0.3, -0.25) is 9.20 Å². The second-order valence-corrected chi connectivity index (χ2v) is 5.94. The van der Waals surface area contributed by atoms with Gasteiger partial charge in [-0.25, -0.2) is 4.98 Å². The van der Waals surface area contributed by atoms with Crippen molar-refractivity contribution in [1.29, 1.82) is 0 Å². The van der Waals surface area contributed by atoms with E-state index in [1.807, 2.05) is 25.3 Å². The van der Waals surface area contributed by atoms with E-state index in [0.29, 0.717) is 22.1 Å². The molecule has 0 atom stereocenters. The average Bonchev–Trinajstić information content (AvgIpc) is 2.74. The quantitative estimate of drug-likeness (QED) is 0.736. The average molecular weight is 365 g/mol. The van der Waals surface area contributed by atoms with E-state index >= 15 is 0 Å². The Morgan fingerprint density at radius 2 is 2.14 bits per heavy atom. The first-order valence-electron chi connectivity index (χ1n) is 6.26. The number of benzene rings is 1. The lowest BCUT2D eigenvalue weighted by Crippen LogP contribution is -2.15. The number of rotatable bonds is 2. The summed E-state index contributed by atoms with van der Waals surface area (Å²) < 4.78 is 2.64. The molecule has 4 nitrogen and oxygen atoms in total. The Balaban J connectivity index is 2.01. The molecule has 1 aromatic carbocycles. The summed E-state index contributed by atoms with van der Waals surface area (Å²) in [4.78, 5) is 16.9. The van der Waals surface area contributed by atoms with Crippen molar-refractivity contribution >= 4 is 44.8 Å². The van der Waals surface area contributed by atoms with Gasteiger partial charge in [0.2, 0.25) is 0 Å². The van der Waals surface area contributed by atoms with E-state index in [0.717, 1.165) is 10.1 Å². The second-order valence-electron chi connectivity index (χ2n) is 4.59. The Hall–Kier alpha value is -1.85. The molecule has 0 unspecified atom stereocenters. The zero-order valence-electron chi connectivity index (χ0n) is 11.1. The van der Waals surface area contributed by atoms with E-state index in [9.17, 15) is 4.79 Å². The van der Waals surface area contributed by atoms with Crippen LogP contribution in [0.25, 0.3) is 5.65 Å². The van der Waals surface area contributed by atoms with Gasteiger partial charge < -0.3 is 5.32 Å². The maximum atomic E-state index is 12.5. The molecule has 2 heterocycles. The molecule has 106 valence electrons. The number of aryl methyl sites for hydroxylation is 1.